The Morgan fingerprint density at radius 3 is 2.31 bits per heavy atom. The average Bonchev–Trinajstić information content (AvgIpc) is 2.95. The van der Waals surface area contributed by atoms with Crippen molar-refractivity contribution in [2.45, 2.75) is 96.8 Å². The van der Waals surface area contributed by atoms with Crippen molar-refractivity contribution in [1.29, 1.82) is 0 Å². The van der Waals surface area contributed by atoms with Crippen LogP contribution in [0.4, 0.5) is 0 Å². The van der Waals surface area contributed by atoms with E-state index in [1.807, 2.05) is 58.3 Å². The summed E-state index contributed by atoms with van der Waals surface area (Å²) in [7, 11) is 2.84. The summed E-state index contributed by atoms with van der Waals surface area (Å²) in [5.41, 5.74) is 1.01. The Morgan fingerprint density at radius 1 is 1.02 bits per heavy atom. The second-order valence-electron chi connectivity index (χ2n) is 13.0. The molecule has 0 radical (unpaired) electrons. The standard InChI is InChI=1S/C33H57N3O5S/c1-24(2)19-30(37)31(38)29(21-27-15-10-7-11-16-27)35-32(39)25(3)22-34-33(40)28(20-26-13-8-6-9-14-26)23-42(41)18-12-17-36(4)5/h6,8-9,13-14,24-25,27-31,37-38H,7,10-12,15-23H2,1-5H3,(H,34,40)(H,35,39). The number of rotatable bonds is 19. The van der Waals surface area contributed by atoms with Crippen molar-refractivity contribution in [3.8, 4) is 0 Å². The van der Waals surface area contributed by atoms with E-state index in [0.29, 0.717) is 30.9 Å². The summed E-state index contributed by atoms with van der Waals surface area (Å²) >= 11 is 0. The van der Waals surface area contributed by atoms with Crippen LogP contribution in [0, 0.1) is 23.7 Å². The summed E-state index contributed by atoms with van der Waals surface area (Å²) in [5.74, 6) is 0.0129. The van der Waals surface area contributed by atoms with Crippen LogP contribution in [0.25, 0.3) is 0 Å². The predicted molar refractivity (Wildman–Crippen MR) is 171 cm³/mol. The first-order valence-corrected chi connectivity index (χ1v) is 17.4. The largest absolute Gasteiger partial charge is 0.390 e. The molecule has 4 N–H and O–H groups in total. The molecule has 240 valence electrons. The summed E-state index contributed by atoms with van der Waals surface area (Å²) < 4.78 is 12.9. The van der Waals surface area contributed by atoms with E-state index in [9.17, 15) is 24.0 Å². The maximum absolute atomic E-state index is 13.3. The van der Waals surface area contributed by atoms with Gasteiger partial charge in [0.05, 0.1) is 24.0 Å². The van der Waals surface area contributed by atoms with Gasteiger partial charge in [0.15, 0.2) is 0 Å². The molecule has 1 aromatic rings. The highest BCUT2D eigenvalue weighted by Crippen LogP contribution is 2.29. The minimum Gasteiger partial charge on any atom is -0.390 e. The van der Waals surface area contributed by atoms with Crippen LogP contribution in [-0.2, 0) is 26.8 Å². The first-order valence-electron chi connectivity index (χ1n) is 15.9. The minimum atomic E-state index is -1.13. The van der Waals surface area contributed by atoms with Crippen LogP contribution in [-0.4, -0.2) is 88.1 Å². The van der Waals surface area contributed by atoms with E-state index in [1.54, 1.807) is 6.92 Å². The van der Waals surface area contributed by atoms with Crippen LogP contribution in [0.1, 0.15) is 77.7 Å². The third kappa shape index (κ3) is 14.1. The van der Waals surface area contributed by atoms with Crippen LogP contribution >= 0.6 is 0 Å². The van der Waals surface area contributed by atoms with Gasteiger partial charge < -0.3 is 25.7 Å². The zero-order valence-electron chi connectivity index (χ0n) is 26.6. The molecule has 0 bridgehead atoms. The second kappa shape index (κ2) is 19.5. The fourth-order valence-electron chi connectivity index (χ4n) is 5.75. The van der Waals surface area contributed by atoms with Gasteiger partial charge in [-0.1, -0.05) is 83.2 Å². The highest BCUT2D eigenvalue weighted by atomic mass is 32.2. The highest BCUT2D eigenvalue weighted by Gasteiger charge is 2.32. The Bertz CT molecular complexity index is 939. The quantitative estimate of drug-likeness (QED) is 0.191. The summed E-state index contributed by atoms with van der Waals surface area (Å²) in [6, 6.07) is 9.19. The topological polar surface area (TPSA) is 119 Å². The Hall–Kier alpha value is -1.81. The van der Waals surface area contributed by atoms with Gasteiger partial charge in [-0.15, -0.1) is 0 Å². The van der Waals surface area contributed by atoms with E-state index in [0.717, 1.165) is 44.2 Å². The van der Waals surface area contributed by atoms with Gasteiger partial charge in [0, 0.05) is 28.9 Å². The van der Waals surface area contributed by atoms with Crippen LogP contribution in [0.2, 0.25) is 0 Å². The molecule has 6 unspecified atom stereocenters. The van der Waals surface area contributed by atoms with E-state index in [4.69, 9.17) is 0 Å². The van der Waals surface area contributed by atoms with Crippen LogP contribution < -0.4 is 10.6 Å². The molecule has 1 saturated carbocycles. The number of hydrogen-bond donors (Lipinski definition) is 4. The lowest BCUT2D eigenvalue weighted by Gasteiger charge is -2.33. The van der Waals surface area contributed by atoms with Crippen molar-refractivity contribution < 1.29 is 24.0 Å². The number of nitrogens with one attached hydrogen (secondary N) is 2. The Kier molecular flexibility index (Phi) is 16.9. The van der Waals surface area contributed by atoms with Crippen molar-refractivity contribution in [3.63, 3.8) is 0 Å². The third-order valence-corrected chi connectivity index (χ3v) is 9.77. The number of aliphatic hydroxyl groups is 2. The van der Waals surface area contributed by atoms with Crippen molar-refractivity contribution in [2.75, 3.05) is 38.7 Å². The van der Waals surface area contributed by atoms with E-state index in [1.165, 1.54) is 6.42 Å². The molecule has 1 aliphatic rings. The van der Waals surface area contributed by atoms with Gasteiger partial charge in [0.1, 0.15) is 6.10 Å². The lowest BCUT2D eigenvalue weighted by atomic mass is 9.82. The normalized spacial score (nSPS) is 18.7. The zero-order valence-corrected chi connectivity index (χ0v) is 27.4. The summed E-state index contributed by atoms with van der Waals surface area (Å²) in [4.78, 5) is 28.6. The number of aliphatic hydroxyl groups excluding tert-OH is 2. The van der Waals surface area contributed by atoms with Crippen molar-refractivity contribution in [2.24, 2.45) is 23.7 Å². The summed E-state index contributed by atoms with van der Waals surface area (Å²) in [5, 5.41) is 27.7. The number of carbonyl (C=O) groups excluding carboxylic acids is 2. The van der Waals surface area contributed by atoms with Gasteiger partial charge in [-0.25, -0.2) is 0 Å². The number of amides is 2. The first-order chi connectivity index (χ1) is 20.0. The van der Waals surface area contributed by atoms with Crippen LogP contribution in [0.5, 0.6) is 0 Å². The molecule has 9 heteroatoms. The van der Waals surface area contributed by atoms with Gasteiger partial charge in [0.2, 0.25) is 11.8 Å². The Morgan fingerprint density at radius 2 is 1.69 bits per heavy atom. The maximum atomic E-state index is 13.3. The SMILES string of the molecule is CC(C)CC(O)C(O)C(CC1CCCCC1)NC(=O)C(C)CNC(=O)C(Cc1ccccc1)CS(=O)CCCN(C)C. The molecule has 8 nitrogen and oxygen atoms in total. The summed E-state index contributed by atoms with van der Waals surface area (Å²) in [6.07, 6.45) is 6.11. The number of benzene rings is 1. The summed E-state index contributed by atoms with van der Waals surface area (Å²) in [6.45, 7) is 6.75. The molecule has 0 aliphatic heterocycles. The molecule has 0 saturated heterocycles. The lowest BCUT2D eigenvalue weighted by molar-refractivity contribution is -0.128. The molecule has 1 aliphatic carbocycles. The predicted octanol–water partition coefficient (Wildman–Crippen LogP) is 3.52. The van der Waals surface area contributed by atoms with E-state index in [2.05, 4.69) is 15.5 Å². The number of nitrogens with zero attached hydrogens (tertiary/aromatic N) is 1. The van der Waals surface area contributed by atoms with Gasteiger partial charge in [-0.3, -0.25) is 13.8 Å². The smallest absolute Gasteiger partial charge is 0.224 e. The minimum absolute atomic E-state index is 0.143. The van der Waals surface area contributed by atoms with Gasteiger partial charge in [-0.2, -0.15) is 0 Å². The number of carbonyl (C=O) groups is 2. The van der Waals surface area contributed by atoms with Crippen LogP contribution in [0.15, 0.2) is 30.3 Å². The van der Waals surface area contributed by atoms with Crippen molar-refractivity contribution >= 4 is 22.6 Å². The Labute approximate surface area is 256 Å². The molecule has 0 heterocycles. The molecular formula is C33H57N3O5S. The average molecular weight is 608 g/mol. The molecule has 42 heavy (non-hydrogen) atoms. The molecule has 1 fully saturated rings. The molecule has 2 rings (SSSR count). The van der Waals surface area contributed by atoms with E-state index in [-0.39, 0.29) is 30.0 Å². The second-order valence-corrected chi connectivity index (χ2v) is 14.7. The van der Waals surface area contributed by atoms with Crippen molar-refractivity contribution in [3.05, 3.63) is 35.9 Å². The molecule has 6 atom stereocenters. The fourth-order valence-corrected chi connectivity index (χ4v) is 7.08. The first kappa shape index (κ1) is 36.4. The fraction of sp³-hybridized carbons (Fsp3) is 0.758. The maximum Gasteiger partial charge on any atom is 0.224 e. The van der Waals surface area contributed by atoms with Gasteiger partial charge >= 0.3 is 0 Å². The molecule has 0 spiro atoms. The molecule has 2 amide bonds. The van der Waals surface area contributed by atoms with Gasteiger partial charge in [0.25, 0.3) is 0 Å². The number of hydrogen-bond acceptors (Lipinski definition) is 6. The molecule has 1 aromatic carbocycles. The third-order valence-electron chi connectivity index (χ3n) is 8.25. The monoisotopic (exact) mass is 607 g/mol. The van der Waals surface area contributed by atoms with E-state index >= 15 is 0 Å². The van der Waals surface area contributed by atoms with E-state index < -0.39 is 40.9 Å². The van der Waals surface area contributed by atoms with Crippen molar-refractivity contribution in [1.82, 2.24) is 15.5 Å². The lowest BCUT2D eigenvalue weighted by Crippen LogP contribution is -2.52. The molecular weight excluding hydrogens is 550 g/mol. The Balaban J connectivity index is 2.00. The van der Waals surface area contributed by atoms with Crippen LogP contribution in [0.3, 0.4) is 0 Å². The highest BCUT2D eigenvalue weighted by molar-refractivity contribution is 7.85. The zero-order chi connectivity index (χ0) is 31.1. The van der Waals surface area contributed by atoms with Gasteiger partial charge in [-0.05, 0) is 63.7 Å². The molecule has 0 aromatic heterocycles.